The second-order valence-electron chi connectivity index (χ2n) is 7.64. The number of hydrogen-bond acceptors (Lipinski definition) is 6. The maximum atomic E-state index is 13.2. The molecule has 1 heterocycles. The summed E-state index contributed by atoms with van der Waals surface area (Å²) in [5.41, 5.74) is -0.815. The fourth-order valence-corrected chi connectivity index (χ4v) is 4.01. The smallest absolute Gasteiger partial charge is 0.330 e. The Morgan fingerprint density at radius 2 is 2.16 bits per heavy atom. The molecule has 1 aliphatic carbocycles. The van der Waals surface area contributed by atoms with Crippen molar-refractivity contribution in [1.82, 2.24) is 14.3 Å². The lowest BCUT2D eigenvalue weighted by molar-refractivity contribution is 0.0736. The third-order valence-electron chi connectivity index (χ3n) is 4.97. The third-order valence-corrected chi connectivity index (χ3v) is 6.25. The zero-order valence-electron chi connectivity index (χ0n) is 17.5. The minimum absolute atomic E-state index is 0.114. The molecule has 1 aliphatic rings. The fraction of sp³-hybridized carbons (Fsp3) is 0.524. The largest absolute Gasteiger partial charge is 0.598 e. The van der Waals surface area contributed by atoms with Crippen molar-refractivity contribution in [3.63, 3.8) is 0 Å². The molecule has 0 amide bonds. The molecule has 170 valence electrons. The summed E-state index contributed by atoms with van der Waals surface area (Å²) in [4.78, 5) is 24.4. The average Bonchev–Trinajstić information content (AvgIpc) is 3.56. The van der Waals surface area contributed by atoms with Crippen LogP contribution in [0.3, 0.4) is 0 Å². The number of nitrogens with one attached hydrogen (secondary N) is 2. The minimum atomic E-state index is -1.27. The molecule has 0 spiro atoms. The predicted molar refractivity (Wildman–Crippen MR) is 116 cm³/mol. The number of nitrogens with zero attached hydrogens (tertiary/aromatic N) is 1. The van der Waals surface area contributed by atoms with Crippen molar-refractivity contribution in [3.05, 3.63) is 62.7 Å². The van der Waals surface area contributed by atoms with Gasteiger partial charge in [0.05, 0.1) is 25.5 Å². The van der Waals surface area contributed by atoms with Crippen LogP contribution in [0.1, 0.15) is 44.2 Å². The summed E-state index contributed by atoms with van der Waals surface area (Å²) in [5.74, 6) is 0.949. The molecule has 0 bridgehead atoms. The predicted octanol–water partition coefficient (Wildman–Crippen LogP) is 2.23. The highest BCUT2D eigenvalue weighted by Crippen LogP contribution is 2.32. The van der Waals surface area contributed by atoms with E-state index in [1.165, 1.54) is 12.8 Å². The molecule has 10 heteroatoms. The van der Waals surface area contributed by atoms with Crippen LogP contribution in [-0.4, -0.2) is 33.1 Å². The molecule has 2 N–H and O–H groups in total. The van der Waals surface area contributed by atoms with E-state index in [2.05, 4.69) is 4.72 Å². The molecule has 8 nitrogen and oxygen atoms in total. The summed E-state index contributed by atoms with van der Waals surface area (Å²) in [7, 11) is 0. The lowest BCUT2D eigenvalue weighted by Crippen LogP contribution is -2.32. The summed E-state index contributed by atoms with van der Waals surface area (Å²) in [6.07, 6.45) is 5.00. The molecule has 1 aromatic carbocycles. The standard InChI is InChI=1S/C21H28FN3O5S/c1-15(17-4-2-5-18(12-17)30-10-8-16-6-7-16)24-31(28)11-3-9-29-14-25-13-19(22)20(26)23-21(25)27/h2,4-5,12-13,15-16,24H,3,6-11,14H2,1H3,(H,23,26,27)/t15-,31?/m1/s1. The molecule has 3 rings (SSSR count). The van der Waals surface area contributed by atoms with E-state index in [4.69, 9.17) is 9.47 Å². The van der Waals surface area contributed by atoms with E-state index >= 15 is 0 Å². The highest BCUT2D eigenvalue weighted by Gasteiger charge is 2.21. The molecule has 1 aromatic heterocycles. The molecule has 0 radical (unpaired) electrons. The van der Waals surface area contributed by atoms with Gasteiger partial charge in [0, 0.05) is 17.8 Å². The van der Waals surface area contributed by atoms with Gasteiger partial charge in [0.15, 0.2) is 0 Å². The van der Waals surface area contributed by atoms with Crippen LogP contribution < -0.4 is 20.7 Å². The number of ether oxygens (including phenoxy) is 2. The first kappa shape index (κ1) is 23.5. The van der Waals surface area contributed by atoms with Gasteiger partial charge in [0.25, 0.3) is 5.56 Å². The number of benzene rings is 1. The molecule has 1 fully saturated rings. The molecule has 2 aromatic rings. The van der Waals surface area contributed by atoms with Gasteiger partial charge in [0.1, 0.15) is 18.2 Å². The van der Waals surface area contributed by atoms with E-state index in [1.54, 1.807) is 0 Å². The Morgan fingerprint density at radius 1 is 1.35 bits per heavy atom. The molecular formula is C21H28FN3O5S. The van der Waals surface area contributed by atoms with Crippen LogP contribution >= 0.6 is 0 Å². The Hall–Kier alpha value is -2.14. The number of rotatable bonds is 13. The number of H-pyrrole nitrogens is 1. The van der Waals surface area contributed by atoms with E-state index in [0.717, 1.165) is 41.0 Å². The van der Waals surface area contributed by atoms with Gasteiger partial charge >= 0.3 is 5.69 Å². The van der Waals surface area contributed by atoms with Crippen LogP contribution in [0.15, 0.2) is 40.1 Å². The van der Waals surface area contributed by atoms with Crippen molar-refractivity contribution in [2.75, 3.05) is 19.0 Å². The van der Waals surface area contributed by atoms with E-state index in [9.17, 15) is 18.5 Å². The van der Waals surface area contributed by atoms with Crippen LogP contribution in [0, 0.1) is 11.7 Å². The first-order valence-corrected chi connectivity index (χ1v) is 11.7. The minimum Gasteiger partial charge on any atom is -0.598 e. The maximum absolute atomic E-state index is 13.2. The van der Waals surface area contributed by atoms with Gasteiger partial charge in [0.2, 0.25) is 5.82 Å². The van der Waals surface area contributed by atoms with Gasteiger partial charge in [-0.25, -0.2) is 4.79 Å². The van der Waals surface area contributed by atoms with Crippen molar-refractivity contribution in [2.24, 2.45) is 5.92 Å². The third kappa shape index (κ3) is 7.80. The Morgan fingerprint density at radius 3 is 2.94 bits per heavy atom. The Balaban J connectivity index is 1.35. The van der Waals surface area contributed by atoms with Crippen molar-refractivity contribution in [3.8, 4) is 5.75 Å². The number of aromatic nitrogens is 2. The van der Waals surface area contributed by atoms with Gasteiger partial charge in [-0.05, 0) is 37.0 Å². The molecular weight excluding hydrogens is 425 g/mol. The van der Waals surface area contributed by atoms with Crippen molar-refractivity contribution >= 4 is 11.4 Å². The Kier molecular flexibility index (Phi) is 8.70. The Labute approximate surface area is 183 Å². The number of aromatic amines is 1. The zero-order chi connectivity index (χ0) is 22.2. The second-order valence-corrected chi connectivity index (χ2v) is 8.97. The van der Waals surface area contributed by atoms with Crippen LogP contribution in [0.25, 0.3) is 0 Å². The molecule has 1 saturated carbocycles. The highest BCUT2D eigenvalue weighted by molar-refractivity contribution is 7.89. The van der Waals surface area contributed by atoms with Gasteiger partial charge in [-0.3, -0.25) is 14.3 Å². The molecule has 31 heavy (non-hydrogen) atoms. The monoisotopic (exact) mass is 453 g/mol. The lowest BCUT2D eigenvalue weighted by atomic mass is 10.1. The summed E-state index contributed by atoms with van der Waals surface area (Å²) in [5, 5.41) is 0. The summed E-state index contributed by atoms with van der Waals surface area (Å²) in [6, 6.07) is 7.67. The van der Waals surface area contributed by atoms with E-state index < -0.39 is 28.4 Å². The quantitative estimate of drug-likeness (QED) is 0.356. The van der Waals surface area contributed by atoms with Gasteiger partial charge in [-0.15, -0.1) is 4.72 Å². The van der Waals surface area contributed by atoms with Crippen LogP contribution in [0.5, 0.6) is 5.75 Å². The van der Waals surface area contributed by atoms with Gasteiger partial charge < -0.3 is 14.0 Å². The highest BCUT2D eigenvalue weighted by atomic mass is 32.2. The van der Waals surface area contributed by atoms with Gasteiger partial charge in [-0.1, -0.05) is 25.0 Å². The first-order valence-electron chi connectivity index (χ1n) is 10.4. The van der Waals surface area contributed by atoms with Gasteiger partial charge in [-0.2, -0.15) is 4.39 Å². The summed E-state index contributed by atoms with van der Waals surface area (Å²) >= 11 is -1.27. The van der Waals surface area contributed by atoms with E-state index in [1.807, 2.05) is 36.2 Å². The zero-order valence-corrected chi connectivity index (χ0v) is 18.3. The fourth-order valence-electron chi connectivity index (χ4n) is 2.98. The molecule has 0 saturated heterocycles. The second kappa shape index (κ2) is 11.5. The van der Waals surface area contributed by atoms with Crippen molar-refractivity contribution < 1.29 is 18.4 Å². The molecule has 2 atom stereocenters. The summed E-state index contributed by atoms with van der Waals surface area (Å²) in [6.45, 7) is 2.70. The number of hydrogen-bond donors (Lipinski definition) is 2. The molecule has 0 aliphatic heterocycles. The average molecular weight is 454 g/mol. The van der Waals surface area contributed by atoms with E-state index in [0.29, 0.717) is 12.2 Å². The first-order chi connectivity index (χ1) is 14.9. The van der Waals surface area contributed by atoms with Crippen LogP contribution in [0.4, 0.5) is 4.39 Å². The van der Waals surface area contributed by atoms with Crippen molar-refractivity contribution in [2.45, 2.75) is 45.4 Å². The number of halogens is 1. The van der Waals surface area contributed by atoms with Crippen LogP contribution in [0.2, 0.25) is 0 Å². The molecule has 1 unspecified atom stereocenters. The normalized spacial score (nSPS) is 15.6. The maximum Gasteiger partial charge on any atom is 0.330 e. The topological polar surface area (TPSA) is 108 Å². The SMILES string of the molecule is C[C@@H](N[S+]([O-])CCCOCn1cc(F)c(=O)[nH]c1=O)c1cccc(OCCC2CC2)c1. The van der Waals surface area contributed by atoms with Crippen molar-refractivity contribution in [1.29, 1.82) is 0 Å². The van der Waals surface area contributed by atoms with Crippen LogP contribution in [-0.2, 0) is 22.8 Å². The Bertz CT molecular complexity index is 963. The van der Waals surface area contributed by atoms with E-state index in [-0.39, 0.29) is 19.4 Å². The lowest BCUT2D eigenvalue weighted by Gasteiger charge is -2.18. The summed E-state index contributed by atoms with van der Waals surface area (Å²) < 4.78 is 40.6.